The van der Waals surface area contributed by atoms with Gasteiger partial charge in [-0.15, -0.1) is 11.3 Å². The van der Waals surface area contributed by atoms with Crippen molar-refractivity contribution < 1.29 is 9.47 Å². The predicted octanol–water partition coefficient (Wildman–Crippen LogP) is 3.73. The minimum atomic E-state index is 0.553. The third-order valence-electron chi connectivity index (χ3n) is 5.37. The van der Waals surface area contributed by atoms with Gasteiger partial charge in [0.25, 0.3) is 0 Å². The van der Waals surface area contributed by atoms with Crippen LogP contribution in [-0.4, -0.2) is 51.3 Å². The number of hydrogen-bond donors (Lipinski definition) is 2. The molecular weight excluding hydrogens is 396 g/mol. The lowest BCUT2D eigenvalue weighted by Crippen LogP contribution is -2.44. The van der Waals surface area contributed by atoms with E-state index < -0.39 is 0 Å². The molecule has 1 fully saturated rings. The number of hydrogen-bond acceptors (Lipinski definition) is 5. The Morgan fingerprint density at radius 3 is 2.87 bits per heavy atom. The molecule has 0 spiro atoms. The van der Waals surface area contributed by atoms with Crippen molar-refractivity contribution in [3.05, 3.63) is 46.2 Å². The standard InChI is InChI=1S/C23H34N4O2S/c1-4-24-23(26-15-19-9-10-20(28-2)13-22(19)29-3)25-14-18-7-5-11-27(16-18)17-21-8-6-12-30-21/h6,8-10,12-13,18H,4-5,7,11,14-17H2,1-3H3,(H2,24,25,26). The third-order valence-corrected chi connectivity index (χ3v) is 6.23. The van der Waals surface area contributed by atoms with E-state index in [4.69, 9.17) is 14.5 Å². The summed E-state index contributed by atoms with van der Waals surface area (Å²) in [5.41, 5.74) is 1.04. The average Bonchev–Trinajstić information content (AvgIpc) is 3.29. The maximum Gasteiger partial charge on any atom is 0.191 e. The van der Waals surface area contributed by atoms with E-state index in [2.05, 4.69) is 40.0 Å². The van der Waals surface area contributed by atoms with Gasteiger partial charge in [0.15, 0.2) is 5.96 Å². The number of guanidine groups is 1. The quantitative estimate of drug-likeness (QED) is 0.469. The highest BCUT2D eigenvalue weighted by molar-refractivity contribution is 7.09. The summed E-state index contributed by atoms with van der Waals surface area (Å²) in [4.78, 5) is 8.80. The van der Waals surface area contributed by atoms with Gasteiger partial charge in [-0.05, 0) is 55.8 Å². The number of rotatable bonds is 9. The highest BCUT2D eigenvalue weighted by atomic mass is 32.1. The van der Waals surface area contributed by atoms with Crippen LogP contribution in [0.25, 0.3) is 0 Å². The van der Waals surface area contributed by atoms with E-state index >= 15 is 0 Å². The Hall–Kier alpha value is -2.25. The van der Waals surface area contributed by atoms with E-state index in [9.17, 15) is 0 Å². The van der Waals surface area contributed by atoms with E-state index in [1.807, 2.05) is 29.5 Å². The fourth-order valence-electron chi connectivity index (χ4n) is 3.81. The molecule has 1 aliphatic rings. The van der Waals surface area contributed by atoms with Crippen molar-refractivity contribution in [1.29, 1.82) is 0 Å². The molecule has 0 aliphatic carbocycles. The minimum Gasteiger partial charge on any atom is -0.497 e. The van der Waals surface area contributed by atoms with Crippen LogP contribution in [0.15, 0.2) is 40.7 Å². The second-order valence-electron chi connectivity index (χ2n) is 7.58. The topological polar surface area (TPSA) is 58.1 Å². The Morgan fingerprint density at radius 2 is 2.13 bits per heavy atom. The Kier molecular flexibility index (Phi) is 8.83. The van der Waals surface area contributed by atoms with Crippen molar-refractivity contribution in [2.45, 2.75) is 32.9 Å². The largest absolute Gasteiger partial charge is 0.497 e. The molecule has 2 heterocycles. The van der Waals surface area contributed by atoms with Crippen molar-refractivity contribution in [2.75, 3.05) is 40.4 Å². The van der Waals surface area contributed by atoms with Gasteiger partial charge < -0.3 is 20.1 Å². The van der Waals surface area contributed by atoms with Crippen LogP contribution in [0.4, 0.5) is 0 Å². The summed E-state index contributed by atoms with van der Waals surface area (Å²) >= 11 is 1.85. The normalized spacial score (nSPS) is 17.6. The molecule has 1 saturated heterocycles. The van der Waals surface area contributed by atoms with Gasteiger partial charge in [-0.2, -0.15) is 0 Å². The minimum absolute atomic E-state index is 0.553. The summed E-state index contributed by atoms with van der Waals surface area (Å²) in [7, 11) is 3.34. The zero-order valence-corrected chi connectivity index (χ0v) is 19.1. The van der Waals surface area contributed by atoms with Crippen LogP contribution < -0.4 is 20.1 Å². The van der Waals surface area contributed by atoms with Crippen molar-refractivity contribution in [3.8, 4) is 11.5 Å². The SMILES string of the molecule is CCNC(=NCc1ccc(OC)cc1OC)NCC1CCCN(Cc2cccs2)C1. The maximum absolute atomic E-state index is 5.50. The van der Waals surface area contributed by atoms with Crippen molar-refractivity contribution in [3.63, 3.8) is 0 Å². The number of aliphatic imine (C=N–C) groups is 1. The fraction of sp³-hybridized carbons (Fsp3) is 0.522. The first kappa shape index (κ1) is 22.4. The highest BCUT2D eigenvalue weighted by Crippen LogP contribution is 2.25. The van der Waals surface area contributed by atoms with E-state index in [1.54, 1.807) is 14.2 Å². The molecule has 0 radical (unpaired) electrons. The van der Waals surface area contributed by atoms with Gasteiger partial charge in [0.05, 0.1) is 20.8 Å². The van der Waals surface area contributed by atoms with E-state index in [1.165, 1.54) is 24.3 Å². The maximum atomic E-state index is 5.50. The molecule has 1 aromatic carbocycles. The first-order valence-electron chi connectivity index (χ1n) is 10.7. The number of thiophene rings is 1. The van der Waals surface area contributed by atoms with Gasteiger partial charge >= 0.3 is 0 Å². The van der Waals surface area contributed by atoms with Crippen LogP contribution >= 0.6 is 11.3 Å². The molecule has 164 valence electrons. The summed E-state index contributed by atoms with van der Waals surface area (Å²) in [5, 5.41) is 9.07. The van der Waals surface area contributed by atoms with E-state index in [-0.39, 0.29) is 0 Å². The Morgan fingerprint density at radius 1 is 1.23 bits per heavy atom. The number of benzene rings is 1. The lowest BCUT2D eigenvalue weighted by atomic mass is 9.98. The smallest absolute Gasteiger partial charge is 0.191 e. The molecule has 1 atom stereocenters. The van der Waals surface area contributed by atoms with Crippen molar-refractivity contribution >= 4 is 17.3 Å². The van der Waals surface area contributed by atoms with Crippen molar-refractivity contribution in [2.24, 2.45) is 10.9 Å². The summed E-state index contributed by atoms with van der Waals surface area (Å²) in [6, 6.07) is 10.2. The van der Waals surface area contributed by atoms with E-state index in [0.29, 0.717) is 12.5 Å². The molecule has 0 amide bonds. The van der Waals surface area contributed by atoms with Crippen LogP contribution in [0.5, 0.6) is 11.5 Å². The molecule has 3 rings (SSSR count). The number of methoxy groups -OCH3 is 2. The molecular formula is C23H34N4O2S. The first-order valence-corrected chi connectivity index (χ1v) is 11.6. The van der Waals surface area contributed by atoms with Crippen LogP contribution in [0, 0.1) is 5.92 Å². The summed E-state index contributed by atoms with van der Waals surface area (Å²) in [6.07, 6.45) is 2.52. The van der Waals surface area contributed by atoms with Gasteiger partial charge in [0.1, 0.15) is 11.5 Å². The van der Waals surface area contributed by atoms with Crippen LogP contribution in [0.1, 0.15) is 30.2 Å². The monoisotopic (exact) mass is 430 g/mol. The van der Waals surface area contributed by atoms with Gasteiger partial charge in [-0.3, -0.25) is 4.90 Å². The molecule has 0 saturated carbocycles. The van der Waals surface area contributed by atoms with Gasteiger partial charge in [-0.25, -0.2) is 4.99 Å². The van der Waals surface area contributed by atoms with Crippen LogP contribution in [0.2, 0.25) is 0 Å². The highest BCUT2D eigenvalue weighted by Gasteiger charge is 2.20. The lowest BCUT2D eigenvalue weighted by Gasteiger charge is -2.32. The second kappa shape index (κ2) is 11.8. The van der Waals surface area contributed by atoms with Crippen molar-refractivity contribution in [1.82, 2.24) is 15.5 Å². The number of piperidine rings is 1. The zero-order valence-electron chi connectivity index (χ0n) is 18.3. The molecule has 0 bridgehead atoms. The third kappa shape index (κ3) is 6.64. The molecule has 2 aromatic rings. The first-order chi connectivity index (χ1) is 14.7. The van der Waals surface area contributed by atoms with Gasteiger partial charge in [0.2, 0.25) is 0 Å². The molecule has 2 N–H and O–H groups in total. The number of ether oxygens (including phenoxy) is 2. The Bertz CT molecular complexity index is 795. The average molecular weight is 431 g/mol. The molecule has 6 nitrogen and oxygen atoms in total. The molecule has 30 heavy (non-hydrogen) atoms. The molecule has 7 heteroatoms. The fourth-order valence-corrected chi connectivity index (χ4v) is 4.56. The zero-order chi connectivity index (χ0) is 21.2. The number of nitrogens with one attached hydrogen (secondary N) is 2. The molecule has 1 aromatic heterocycles. The van der Waals surface area contributed by atoms with Crippen LogP contribution in [-0.2, 0) is 13.1 Å². The Balaban J connectivity index is 1.54. The molecule has 1 aliphatic heterocycles. The molecule has 1 unspecified atom stereocenters. The lowest BCUT2D eigenvalue weighted by molar-refractivity contribution is 0.169. The predicted molar refractivity (Wildman–Crippen MR) is 125 cm³/mol. The van der Waals surface area contributed by atoms with Gasteiger partial charge in [-0.1, -0.05) is 6.07 Å². The van der Waals surface area contributed by atoms with Gasteiger partial charge in [0, 0.05) is 42.7 Å². The Labute approximate surface area is 184 Å². The second-order valence-corrected chi connectivity index (χ2v) is 8.61. The summed E-state index contributed by atoms with van der Waals surface area (Å²) < 4.78 is 10.8. The number of likely N-dealkylation sites (tertiary alicyclic amines) is 1. The summed E-state index contributed by atoms with van der Waals surface area (Å²) in [6.45, 7) is 7.81. The van der Waals surface area contributed by atoms with E-state index in [0.717, 1.165) is 49.2 Å². The number of nitrogens with zero attached hydrogens (tertiary/aromatic N) is 2. The van der Waals surface area contributed by atoms with Crippen LogP contribution in [0.3, 0.4) is 0 Å². The summed E-state index contributed by atoms with van der Waals surface area (Å²) in [5.74, 6) is 3.07.